The van der Waals surface area contributed by atoms with Gasteiger partial charge in [0.05, 0.1) is 13.7 Å². The molecule has 1 aromatic rings. The summed E-state index contributed by atoms with van der Waals surface area (Å²) in [5, 5.41) is 2.79. The van der Waals surface area contributed by atoms with Crippen molar-refractivity contribution in [2.75, 3.05) is 20.3 Å². The Kier molecular flexibility index (Phi) is 6.79. The lowest BCUT2D eigenvalue weighted by atomic mass is 10.1. The zero-order valence-electron chi connectivity index (χ0n) is 12.0. The van der Waals surface area contributed by atoms with Gasteiger partial charge in [0.15, 0.2) is 11.5 Å². The Morgan fingerprint density at radius 1 is 1.26 bits per heavy atom. The summed E-state index contributed by atoms with van der Waals surface area (Å²) in [4.78, 5) is 11.4. The summed E-state index contributed by atoms with van der Waals surface area (Å²) < 4.78 is 10.9. The summed E-state index contributed by atoms with van der Waals surface area (Å²) >= 11 is 0. The Morgan fingerprint density at radius 2 is 2.05 bits per heavy atom. The fourth-order valence-corrected chi connectivity index (χ4v) is 1.74. The first-order valence-electron chi connectivity index (χ1n) is 6.77. The van der Waals surface area contributed by atoms with Gasteiger partial charge in [-0.2, -0.15) is 0 Å². The third-order valence-corrected chi connectivity index (χ3v) is 2.70. The van der Waals surface area contributed by atoms with Gasteiger partial charge in [-0.3, -0.25) is 4.79 Å². The number of benzene rings is 1. The molecule has 0 radical (unpaired) electrons. The summed E-state index contributed by atoms with van der Waals surface area (Å²) in [5.41, 5.74) is 1.08. The van der Waals surface area contributed by atoms with Crippen LogP contribution in [-0.2, 0) is 11.2 Å². The van der Waals surface area contributed by atoms with E-state index in [1.807, 2.05) is 25.1 Å². The van der Waals surface area contributed by atoms with Gasteiger partial charge in [0, 0.05) is 13.0 Å². The molecule has 19 heavy (non-hydrogen) atoms. The highest BCUT2D eigenvalue weighted by atomic mass is 16.5. The maximum Gasteiger partial charge on any atom is 0.220 e. The SMILES string of the molecule is CCCOc1ccc(CCC(=O)NCC)cc1OC. The highest BCUT2D eigenvalue weighted by molar-refractivity contribution is 5.76. The number of carbonyl (C=O) groups excluding carboxylic acids is 1. The molecule has 0 atom stereocenters. The standard InChI is InChI=1S/C15H23NO3/c1-4-10-19-13-8-6-12(11-14(13)18-3)7-9-15(17)16-5-2/h6,8,11H,4-5,7,9-10H2,1-3H3,(H,16,17). The second kappa shape index (κ2) is 8.40. The fourth-order valence-electron chi connectivity index (χ4n) is 1.74. The molecule has 0 saturated carbocycles. The van der Waals surface area contributed by atoms with Crippen LogP contribution in [0, 0.1) is 0 Å². The van der Waals surface area contributed by atoms with Gasteiger partial charge in [-0.15, -0.1) is 0 Å². The van der Waals surface area contributed by atoms with E-state index in [0.717, 1.165) is 23.5 Å². The van der Waals surface area contributed by atoms with E-state index in [2.05, 4.69) is 12.2 Å². The predicted octanol–water partition coefficient (Wildman–Crippen LogP) is 2.55. The topological polar surface area (TPSA) is 47.6 Å². The van der Waals surface area contributed by atoms with Crippen molar-refractivity contribution < 1.29 is 14.3 Å². The molecule has 1 N–H and O–H groups in total. The third kappa shape index (κ3) is 5.20. The van der Waals surface area contributed by atoms with Crippen LogP contribution in [-0.4, -0.2) is 26.2 Å². The second-order valence-electron chi connectivity index (χ2n) is 4.29. The van der Waals surface area contributed by atoms with Crippen LogP contribution in [0.2, 0.25) is 0 Å². The molecule has 0 saturated heterocycles. The Hall–Kier alpha value is -1.71. The summed E-state index contributed by atoms with van der Waals surface area (Å²) in [7, 11) is 1.63. The number of aryl methyl sites for hydroxylation is 1. The normalized spacial score (nSPS) is 10.1. The van der Waals surface area contributed by atoms with E-state index in [9.17, 15) is 4.79 Å². The summed E-state index contributed by atoms with van der Waals surface area (Å²) in [6.45, 7) is 5.33. The zero-order valence-corrected chi connectivity index (χ0v) is 12.0. The highest BCUT2D eigenvalue weighted by Crippen LogP contribution is 2.28. The van der Waals surface area contributed by atoms with Crippen molar-refractivity contribution in [3.05, 3.63) is 23.8 Å². The molecular formula is C15H23NO3. The van der Waals surface area contributed by atoms with E-state index in [1.54, 1.807) is 7.11 Å². The minimum atomic E-state index is 0.0766. The van der Waals surface area contributed by atoms with Crippen LogP contribution in [0.4, 0.5) is 0 Å². The van der Waals surface area contributed by atoms with E-state index in [1.165, 1.54) is 0 Å². The number of hydrogen-bond donors (Lipinski definition) is 1. The van der Waals surface area contributed by atoms with Crippen LogP contribution in [0.5, 0.6) is 11.5 Å². The van der Waals surface area contributed by atoms with Gasteiger partial charge < -0.3 is 14.8 Å². The molecule has 0 fully saturated rings. The van der Waals surface area contributed by atoms with E-state index in [0.29, 0.717) is 26.0 Å². The number of carbonyl (C=O) groups is 1. The van der Waals surface area contributed by atoms with Crippen molar-refractivity contribution >= 4 is 5.91 Å². The van der Waals surface area contributed by atoms with Gasteiger partial charge in [-0.1, -0.05) is 13.0 Å². The number of methoxy groups -OCH3 is 1. The smallest absolute Gasteiger partial charge is 0.220 e. The molecule has 4 heteroatoms. The first kappa shape index (κ1) is 15.3. The lowest BCUT2D eigenvalue weighted by molar-refractivity contribution is -0.120. The molecule has 0 aliphatic heterocycles. The first-order chi connectivity index (χ1) is 9.21. The summed E-state index contributed by atoms with van der Waals surface area (Å²) in [6, 6.07) is 5.82. The highest BCUT2D eigenvalue weighted by Gasteiger charge is 2.07. The van der Waals surface area contributed by atoms with E-state index >= 15 is 0 Å². The molecule has 106 valence electrons. The van der Waals surface area contributed by atoms with Crippen molar-refractivity contribution in [3.63, 3.8) is 0 Å². The monoisotopic (exact) mass is 265 g/mol. The van der Waals surface area contributed by atoms with Crippen molar-refractivity contribution in [1.29, 1.82) is 0 Å². The third-order valence-electron chi connectivity index (χ3n) is 2.70. The fraction of sp³-hybridized carbons (Fsp3) is 0.533. The lowest BCUT2D eigenvalue weighted by Gasteiger charge is -2.11. The molecule has 0 bridgehead atoms. The number of hydrogen-bond acceptors (Lipinski definition) is 3. The molecule has 0 unspecified atom stereocenters. The summed E-state index contributed by atoms with van der Waals surface area (Å²) in [6.07, 6.45) is 2.16. The van der Waals surface area contributed by atoms with Crippen LogP contribution >= 0.6 is 0 Å². The maximum absolute atomic E-state index is 11.4. The average Bonchev–Trinajstić information content (AvgIpc) is 2.43. The first-order valence-corrected chi connectivity index (χ1v) is 6.77. The Morgan fingerprint density at radius 3 is 2.68 bits per heavy atom. The molecule has 1 aromatic carbocycles. The molecule has 0 spiro atoms. The van der Waals surface area contributed by atoms with Crippen molar-refractivity contribution in [1.82, 2.24) is 5.32 Å². The van der Waals surface area contributed by atoms with Gasteiger partial charge in [-0.25, -0.2) is 0 Å². The molecule has 1 rings (SSSR count). The van der Waals surface area contributed by atoms with Crippen molar-refractivity contribution in [2.45, 2.75) is 33.1 Å². The molecule has 1 amide bonds. The number of nitrogens with one attached hydrogen (secondary N) is 1. The van der Waals surface area contributed by atoms with Crippen LogP contribution in [0.1, 0.15) is 32.3 Å². The van der Waals surface area contributed by atoms with E-state index in [-0.39, 0.29) is 5.91 Å². The van der Waals surface area contributed by atoms with Gasteiger partial charge in [0.2, 0.25) is 5.91 Å². The Labute approximate surface area is 115 Å². The average molecular weight is 265 g/mol. The number of rotatable bonds is 8. The molecule has 4 nitrogen and oxygen atoms in total. The lowest BCUT2D eigenvalue weighted by Crippen LogP contribution is -2.22. The van der Waals surface area contributed by atoms with Crippen molar-refractivity contribution in [2.24, 2.45) is 0 Å². The molecule has 0 aliphatic carbocycles. The van der Waals surface area contributed by atoms with Gasteiger partial charge >= 0.3 is 0 Å². The van der Waals surface area contributed by atoms with Crippen LogP contribution in [0.3, 0.4) is 0 Å². The number of ether oxygens (including phenoxy) is 2. The molecule has 0 aromatic heterocycles. The van der Waals surface area contributed by atoms with Crippen LogP contribution in [0.25, 0.3) is 0 Å². The zero-order chi connectivity index (χ0) is 14.1. The quantitative estimate of drug-likeness (QED) is 0.785. The van der Waals surface area contributed by atoms with Gasteiger partial charge in [0.25, 0.3) is 0 Å². The van der Waals surface area contributed by atoms with Crippen LogP contribution < -0.4 is 14.8 Å². The van der Waals surface area contributed by atoms with Gasteiger partial charge in [0.1, 0.15) is 0 Å². The van der Waals surface area contributed by atoms with E-state index in [4.69, 9.17) is 9.47 Å². The largest absolute Gasteiger partial charge is 0.493 e. The Bertz CT molecular complexity index is 404. The minimum absolute atomic E-state index is 0.0766. The Balaban J connectivity index is 2.63. The van der Waals surface area contributed by atoms with Gasteiger partial charge in [-0.05, 0) is 37.5 Å². The maximum atomic E-state index is 11.4. The second-order valence-corrected chi connectivity index (χ2v) is 4.29. The van der Waals surface area contributed by atoms with E-state index < -0.39 is 0 Å². The molecular weight excluding hydrogens is 242 g/mol. The minimum Gasteiger partial charge on any atom is -0.493 e. The van der Waals surface area contributed by atoms with Crippen LogP contribution in [0.15, 0.2) is 18.2 Å². The molecule has 0 heterocycles. The molecule has 0 aliphatic rings. The summed E-state index contributed by atoms with van der Waals surface area (Å²) in [5.74, 6) is 1.56. The number of amides is 1. The van der Waals surface area contributed by atoms with Crippen molar-refractivity contribution in [3.8, 4) is 11.5 Å². The predicted molar refractivity (Wildman–Crippen MR) is 75.8 cm³/mol.